The van der Waals surface area contributed by atoms with Gasteiger partial charge in [-0.15, -0.1) is 0 Å². The SMILES string of the molecule is C=CC(=O)Nc1cc(Nc2ncc(F)c(-c3c4n(c5cc(F)ccc35)CCOC4)n2)c(OC)cc1N(C)CCNC. The molecule has 0 unspecified atom stereocenters. The number of likely N-dealkylation sites (N-methyl/N-ethyl adjacent to an activating group) is 2. The van der Waals surface area contributed by atoms with Crippen molar-refractivity contribution >= 4 is 39.8 Å². The van der Waals surface area contributed by atoms with Gasteiger partial charge in [-0.1, -0.05) is 6.58 Å². The molecule has 2 aromatic heterocycles. The summed E-state index contributed by atoms with van der Waals surface area (Å²) in [6, 6.07) is 7.89. The maximum absolute atomic E-state index is 15.3. The maximum atomic E-state index is 15.3. The lowest BCUT2D eigenvalue weighted by Gasteiger charge is -2.24. The highest BCUT2D eigenvalue weighted by Crippen LogP contribution is 2.40. The van der Waals surface area contributed by atoms with Crippen LogP contribution in [0, 0.1) is 11.6 Å². The lowest BCUT2D eigenvalue weighted by molar-refractivity contribution is -0.111. The van der Waals surface area contributed by atoms with E-state index >= 15 is 4.39 Å². The third-order valence-corrected chi connectivity index (χ3v) is 6.93. The van der Waals surface area contributed by atoms with E-state index in [-0.39, 0.29) is 30.0 Å². The summed E-state index contributed by atoms with van der Waals surface area (Å²) in [4.78, 5) is 22.9. The summed E-state index contributed by atoms with van der Waals surface area (Å²) in [6.07, 6.45) is 2.27. The zero-order valence-corrected chi connectivity index (χ0v) is 23.1. The van der Waals surface area contributed by atoms with Gasteiger partial charge in [0.25, 0.3) is 0 Å². The van der Waals surface area contributed by atoms with Crippen molar-refractivity contribution in [1.29, 1.82) is 0 Å². The number of halogens is 2. The van der Waals surface area contributed by atoms with Crippen molar-refractivity contribution in [2.24, 2.45) is 0 Å². The maximum Gasteiger partial charge on any atom is 0.247 e. The number of carbonyl (C=O) groups is 1. The van der Waals surface area contributed by atoms with Crippen molar-refractivity contribution in [3.05, 3.63) is 66.5 Å². The lowest BCUT2D eigenvalue weighted by Crippen LogP contribution is -2.28. The van der Waals surface area contributed by atoms with Crippen molar-refractivity contribution < 1.29 is 23.0 Å². The van der Waals surface area contributed by atoms with E-state index in [1.807, 2.05) is 23.6 Å². The van der Waals surface area contributed by atoms with Crippen LogP contribution in [0.4, 0.5) is 31.8 Å². The van der Waals surface area contributed by atoms with Crippen molar-refractivity contribution in [3.63, 3.8) is 0 Å². The molecule has 1 aliphatic heterocycles. The van der Waals surface area contributed by atoms with Gasteiger partial charge in [0.1, 0.15) is 17.3 Å². The highest BCUT2D eigenvalue weighted by atomic mass is 19.1. The van der Waals surface area contributed by atoms with Gasteiger partial charge in [-0.3, -0.25) is 4.79 Å². The van der Waals surface area contributed by atoms with Crippen LogP contribution in [0.2, 0.25) is 0 Å². The van der Waals surface area contributed by atoms with Crippen LogP contribution in [0.1, 0.15) is 5.69 Å². The number of anilines is 4. The van der Waals surface area contributed by atoms with Crippen LogP contribution < -0.4 is 25.6 Å². The summed E-state index contributed by atoms with van der Waals surface area (Å²) < 4.78 is 42.7. The molecule has 0 atom stereocenters. The summed E-state index contributed by atoms with van der Waals surface area (Å²) in [7, 11) is 5.28. The van der Waals surface area contributed by atoms with E-state index in [0.717, 1.165) is 18.4 Å². The van der Waals surface area contributed by atoms with E-state index in [9.17, 15) is 9.18 Å². The molecule has 0 saturated heterocycles. The van der Waals surface area contributed by atoms with Gasteiger partial charge in [0, 0.05) is 43.7 Å². The zero-order chi connectivity index (χ0) is 29.1. The van der Waals surface area contributed by atoms with Gasteiger partial charge in [0.2, 0.25) is 11.9 Å². The number of ether oxygens (including phenoxy) is 2. The molecule has 0 saturated carbocycles. The molecule has 10 nitrogen and oxygen atoms in total. The summed E-state index contributed by atoms with van der Waals surface area (Å²) >= 11 is 0. The number of aromatic nitrogens is 3. The fourth-order valence-electron chi connectivity index (χ4n) is 4.93. The molecular formula is C29H31F2N7O3. The first-order chi connectivity index (χ1) is 19.8. The fraction of sp³-hybridized carbons (Fsp3) is 0.276. The Labute approximate surface area is 236 Å². The second-order valence-electron chi connectivity index (χ2n) is 9.49. The van der Waals surface area contributed by atoms with Gasteiger partial charge >= 0.3 is 0 Å². The van der Waals surface area contributed by atoms with Crippen molar-refractivity contribution in [2.75, 3.05) is 56.4 Å². The molecule has 0 radical (unpaired) electrons. The number of fused-ring (bicyclic) bond motifs is 3. The third-order valence-electron chi connectivity index (χ3n) is 6.93. The lowest BCUT2D eigenvalue weighted by atomic mass is 10.1. The first-order valence-corrected chi connectivity index (χ1v) is 13.0. The van der Waals surface area contributed by atoms with Crippen LogP contribution >= 0.6 is 0 Å². The van der Waals surface area contributed by atoms with Gasteiger partial charge in [-0.25, -0.2) is 18.7 Å². The van der Waals surface area contributed by atoms with E-state index in [1.54, 1.807) is 18.2 Å². The van der Waals surface area contributed by atoms with Crippen molar-refractivity contribution in [1.82, 2.24) is 19.9 Å². The molecule has 5 rings (SSSR count). The number of rotatable bonds is 10. The van der Waals surface area contributed by atoms with Crippen LogP contribution in [0.5, 0.6) is 5.75 Å². The normalized spacial score (nSPS) is 12.6. The molecule has 0 aliphatic carbocycles. The Morgan fingerprint density at radius 2 is 2.10 bits per heavy atom. The molecule has 1 amide bonds. The molecule has 3 N–H and O–H groups in total. The minimum Gasteiger partial charge on any atom is -0.494 e. The Balaban J connectivity index is 1.58. The van der Waals surface area contributed by atoms with E-state index in [4.69, 9.17) is 9.47 Å². The molecular weight excluding hydrogens is 532 g/mol. The average molecular weight is 564 g/mol. The van der Waals surface area contributed by atoms with Crippen LogP contribution in [-0.4, -0.2) is 61.3 Å². The van der Waals surface area contributed by atoms with Crippen LogP contribution in [-0.2, 0) is 22.7 Å². The number of carbonyl (C=O) groups excluding carboxylic acids is 1. The van der Waals surface area contributed by atoms with Gasteiger partial charge in [-0.05, 0) is 37.4 Å². The molecule has 214 valence electrons. The van der Waals surface area contributed by atoms with E-state index in [2.05, 4.69) is 32.5 Å². The standard InChI is InChI=1S/C29H31F2N7O3/c1-5-26(39)34-20-13-21(25(40-4)14-23(20)37(3)9-8-32-2)35-29-33-15-19(31)28(36-29)27-18-7-6-17(30)12-22(18)38-10-11-41-16-24(27)38/h5-7,12-15,32H,1,8-11,16H2,2-4H3,(H,34,39)(H,33,35,36). The molecule has 1 aliphatic rings. The molecule has 0 spiro atoms. The third kappa shape index (κ3) is 5.56. The predicted molar refractivity (Wildman–Crippen MR) is 155 cm³/mol. The Morgan fingerprint density at radius 3 is 2.85 bits per heavy atom. The van der Waals surface area contributed by atoms with Gasteiger partial charge in [0.15, 0.2) is 5.82 Å². The van der Waals surface area contributed by atoms with Gasteiger partial charge < -0.3 is 34.9 Å². The number of amides is 1. The number of methoxy groups -OCH3 is 1. The highest BCUT2D eigenvalue weighted by Gasteiger charge is 2.25. The average Bonchev–Trinajstić information content (AvgIpc) is 3.30. The molecule has 2 aromatic carbocycles. The first-order valence-electron chi connectivity index (χ1n) is 13.0. The number of hydrogen-bond donors (Lipinski definition) is 3. The van der Waals surface area contributed by atoms with Gasteiger partial charge in [-0.2, -0.15) is 0 Å². The Bertz CT molecular complexity index is 1620. The second-order valence-corrected chi connectivity index (χ2v) is 9.49. The minimum absolute atomic E-state index is 0.0564. The van der Waals surface area contributed by atoms with E-state index in [0.29, 0.717) is 59.0 Å². The molecule has 0 bridgehead atoms. The summed E-state index contributed by atoms with van der Waals surface area (Å²) in [5.74, 6) is -0.836. The Kier molecular flexibility index (Phi) is 8.13. The smallest absolute Gasteiger partial charge is 0.247 e. The van der Waals surface area contributed by atoms with E-state index in [1.165, 1.54) is 25.3 Å². The van der Waals surface area contributed by atoms with Crippen LogP contribution in [0.3, 0.4) is 0 Å². The highest BCUT2D eigenvalue weighted by molar-refractivity contribution is 6.02. The van der Waals surface area contributed by atoms with Crippen LogP contribution in [0.25, 0.3) is 22.2 Å². The van der Waals surface area contributed by atoms with Crippen molar-refractivity contribution in [3.8, 4) is 17.0 Å². The number of benzene rings is 2. The summed E-state index contributed by atoms with van der Waals surface area (Å²) in [5, 5.41) is 9.71. The Morgan fingerprint density at radius 1 is 1.27 bits per heavy atom. The number of nitrogens with zero attached hydrogens (tertiary/aromatic N) is 4. The molecule has 12 heteroatoms. The molecule has 3 heterocycles. The van der Waals surface area contributed by atoms with E-state index < -0.39 is 5.82 Å². The zero-order valence-electron chi connectivity index (χ0n) is 23.1. The minimum atomic E-state index is -0.631. The quantitative estimate of drug-likeness (QED) is 0.243. The number of hydrogen-bond acceptors (Lipinski definition) is 8. The fourth-order valence-corrected chi connectivity index (χ4v) is 4.93. The molecule has 4 aromatic rings. The van der Waals surface area contributed by atoms with Crippen molar-refractivity contribution in [2.45, 2.75) is 13.2 Å². The first kappa shape index (κ1) is 28.0. The number of nitrogens with one attached hydrogen (secondary N) is 3. The summed E-state index contributed by atoms with van der Waals surface area (Å²) in [6.45, 7) is 6.14. The van der Waals surface area contributed by atoms with Crippen LogP contribution in [0.15, 0.2) is 49.2 Å². The predicted octanol–water partition coefficient (Wildman–Crippen LogP) is 4.44. The molecule has 41 heavy (non-hydrogen) atoms. The second kappa shape index (κ2) is 11.9. The Hall–Kier alpha value is -4.55. The molecule has 0 fully saturated rings. The van der Waals surface area contributed by atoms with Gasteiger partial charge in [0.05, 0.1) is 54.8 Å². The monoisotopic (exact) mass is 563 g/mol. The summed E-state index contributed by atoms with van der Waals surface area (Å²) in [5.41, 5.74) is 3.61. The largest absolute Gasteiger partial charge is 0.494 e. The topological polar surface area (TPSA) is 106 Å².